The van der Waals surface area contributed by atoms with E-state index in [1.165, 1.54) is 4.90 Å². The van der Waals surface area contributed by atoms with Crippen LogP contribution in [0.15, 0.2) is 0 Å². The SMILES string of the molecule is CNCC(=O)N1CC(OC(=O)NCCN)CC1C=O. The number of nitrogens with one attached hydrogen (secondary N) is 2. The Kier molecular flexibility index (Phi) is 6.23. The maximum Gasteiger partial charge on any atom is 0.407 e. The van der Waals surface area contributed by atoms with Gasteiger partial charge in [-0.15, -0.1) is 0 Å². The molecule has 1 fully saturated rings. The monoisotopic (exact) mass is 272 g/mol. The quantitative estimate of drug-likeness (QED) is 0.485. The summed E-state index contributed by atoms with van der Waals surface area (Å²) in [6, 6.07) is -0.534. The number of hydrogen-bond donors (Lipinski definition) is 3. The molecule has 0 aromatic carbocycles. The maximum absolute atomic E-state index is 11.7. The number of ether oxygens (including phenoxy) is 1. The van der Waals surface area contributed by atoms with Gasteiger partial charge in [-0.25, -0.2) is 4.79 Å². The summed E-state index contributed by atoms with van der Waals surface area (Å²) < 4.78 is 5.13. The highest BCUT2D eigenvalue weighted by Crippen LogP contribution is 2.19. The average Bonchev–Trinajstić information content (AvgIpc) is 2.79. The second-order valence-corrected chi connectivity index (χ2v) is 4.26. The predicted molar refractivity (Wildman–Crippen MR) is 67.4 cm³/mol. The molecule has 8 heteroatoms. The molecule has 2 amide bonds. The van der Waals surface area contributed by atoms with Gasteiger partial charge < -0.3 is 30.8 Å². The molecule has 0 spiro atoms. The minimum Gasteiger partial charge on any atom is -0.444 e. The topological polar surface area (TPSA) is 114 Å². The molecule has 0 aromatic heterocycles. The fourth-order valence-corrected chi connectivity index (χ4v) is 1.95. The number of alkyl carbamates (subject to hydrolysis) is 1. The molecule has 0 aromatic rings. The third-order valence-corrected chi connectivity index (χ3v) is 2.80. The number of nitrogens with zero attached hydrogens (tertiary/aromatic N) is 1. The minimum absolute atomic E-state index is 0.149. The summed E-state index contributed by atoms with van der Waals surface area (Å²) in [6.07, 6.45) is -0.0132. The lowest BCUT2D eigenvalue weighted by molar-refractivity contribution is -0.133. The van der Waals surface area contributed by atoms with Crippen LogP contribution in [-0.2, 0) is 14.3 Å². The largest absolute Gasteiger partial charge is 0.444 e. The third-order valence-electron chi connectivity index (χ3n) is 2.80. The van der Waals surface area contributed by atoms with Crippen molar-refractivity contribution in [2.45, 2.75) is 18.6 Å². The van der Waals surface area contributed by atoms with Crippen LogP contribution in [-0.4, -0.2) is 68.6 Å². The van der Waals surface area contributed by atoms with Gasteiger partial charge in [0.2, 0.25) is 5.91 Å². The average molecular weight is 272 g/mol. The minimum atomic E-state index is -0.581. The van der Waals surface area contributed by atoms with Gasteiger partial charge in [0.1, 0.15) is 12.4 Å². The van der Waals surface area contributed by atoms with Gasteiger partial charge >= 0.3 is 6.09 Å². The molecule has 1 heterocycles. The zero-order valence-electron chi connectivity index (χ0n) is 10.9. The van der Waals surface area contributed by atoms with Gasteiger partial charge in [-0.3, -0.25) is 4.79 Å². The van der Waals surface area contributed by atoms with E-state index < -0.39 is 18.2 Å². The lowest BCUT2D eigenvalue weighted by Gasteiger charge is -2.19. The molecule has 0 aliphatic carbocycles. The molecule has 4 N–H and O–H groups in total. The highest BCUT2D eigenvalue weighted by Gasteiger charge is 2.36. The molecular weight excluding hydrogens is 252 g/mol. The first-order valence-electron chi connectivity index (χ1n) is 6.16. The van der Waals surface area contributed by atoms with E-state index in [0.29, 0.717) is 25.8 Å². The van der Waals surface area contributed by atoms with Crippen LogP contribution in [0.2, 0.25) is 0 Å². The summed E-state index contributed by atoms with van der Waals surface area (Å²) >= 11 is 0. The number of nitrogens with two attached hydrogens (primary N) is 1. The van der Waals surface area contributed by atoms with Gasteiger partial charge in [0.25, 0.3) is 0 Å². The van der Waals surface area contributed by atoms with Crippen molar-refractivity contribution in [3.05, 3.63) is 0 Å². The fourth-order valence-electron chi connectivity index (χ4n) is 1.95. The Balaban J connectivity index is 2.49. The molecular formula is C11H20N4O4. The molecule has 108 valence electrons. The molecule has 0 saturated carbocycles. The predicted octanol–water partition coefficient (Wildman–Crippen LogP) is -1.94. The lowest BCUT2D eigenvalue weighted by Crippen LogP contribution is -2.41. The normalized spacial score (nSPS) is 22.1. The van der Waals surface area contributed by atoms with Gasteiger partial charge in [-0.05, 0) is 7.05 Å². The van der Waals surface area contributed by atoms with E-state index in [0.717, 1.165) is 0 Å². The molecule has 19 heavy (non-hydrogen) atoms. The fraction of sp³-hybridized carbons (Fsp3) is 0.727. The first-order chi connectivity index (χ1) is 9.12. The summed E-state index contributed by atoms with van der Waals surface area (Å²) in [5, 5.41) is 5.20. The number of hydrogen-bond acceptors (Lipinski definition) is 6. The Morgan fingerprint density at radius 1 is 1.53 bits per heavy atom. The van der Waals surface area contributed by atoms with Crippen molar-refractivity contribution in [3.8, 4) is 0 Å². The highest BCUT2D eigenvalue weighted by atomic mass is 16.6. The van der Waals surface area contributed by atoms with Crippen LogP contribution in [0.5, 0.6) is 0 Å². The van der Waals surface area contributed by atoms with Crippen LogP contribution < -0.4 is 16.4 Å². The number of carbonyl (C=O) groups is 3. The molecule has 1 aliphatic heterocycles. The number of amides is 2. The Morgan fingerprint density at radius 2 is 2.26 bits per heavy atom. The number of aldehydes is 1. The van der Waals surface area contributed by atoms with Crippen LogP contribution >= 0.6 is 0 Å². The molecule has 8 nitrogen and oxygen atoms in total. The van der Waals surface area contributed by atoms with E-state index in [9.17, 15) is 14.4 Å². The van der Waals surface area contributed by atoms with Gasteiger partial charge in [0.05, 0.1) is 19.1 Å². The molecule has 2 unspecified atom stereocenters. The van der Waals surface area contributed by atoms with Crippen LogP contribution in [0.4, 0.5) is 4.79 Å². The van der Waals surface area contributed by atoms with Crippen molar-refractivity contribution >= 4 is 18.3 Å². The second kappa shape index (κ2) is 7.70. The van der Waals surface area contributed by atoms with Crippen LogP contribution in [0, 0.1) is 0 Å². The van der Waals surface area contributed by atoms with Crippen LogP contribution in [0.1, 0.15) is 6.42 Å². The summed E-state index contributed by atoms with van der Waals surface area (Å²) in [4.78, 5) is 35.5. The molecule has 1 rings (SSSR count). The standard InChI is InChI=1S/C11H20N4O4/c1-13-5-10(17)15-6-9(4-8(15)7-16)19-11(18)14-3-2-12/h7-9,13H,2-6,12H2,1H3,(H,14,18). The van der Waals surface area contributed by atoms with Crippen molar-refractivity contribution in [3.63, 3.8) is 0 Å². The molecule has 1 aliphatic rings. The third kappa shape index (κ3) is 4.49. The number of rotatable bonds is 6. The lowest BCUT2D eigenvalue weighted by atomic mass is 10.2. The van der Waals surface area contributed by atoms with E-state index in [-0.39, 0.29) is 19.0 Å². The Hall–Kier alpha value is -1.67. The summed E-state index contributed by atoms with van der Waals surface area (Å²) in [5.74, 6) is -0.187. The van der Waals surface area contributed by atoms with Crippen molar-refractivity contribution in [1.82, 2.24) is 15.5 Å². The van der Waals surface area contributed by atoms with E-state index in [1.807, 2.05) is 0 Å². The van der Waals surface area contributed by atoms with Crippen LogP contribution in [0.25, 0.3) is 0 Å². The first-order valence-corrected chi connectivity index (χ1v) is 6.16. The zero-order chi connectivity index (χ0) is 14.3. The summed E-state index contributed by atoms with van der Waals surface area (Å²) in [5.41, 5.74) is 5.25. The van der Waals surface area contributed by atoms with E-state index >= 15 is 0 Å². The van der Waals surface area contributed by atoms with Gasteiger partial charge in [-0.2, -0.15) is 0 Å². The van der Waals surface area contributed by atoms with Gasteiger partial charge in [0, 0.05) is 19.5 Å². The second-order valence-electron chi connectivity index (χ2n) is 4.26. The molecule has 2 atom stereocenters. The maximum atomic E-state index is 11.7. The van der Waals surface area contributed by atoms with Crippen molar-refractivity contribution < 1.29 is 19.1 Å². The Labute approximate surface area is 111 Å². The van der Waals surface area contributed by atoms with Crippen LogP contribution in [0.3, 0.4) is 0 Å². The van der Waals surface area contributed by atoms with Crippen molar-refractivity contribution in [1.29, 1.82) is 0 Å². The van der Waals surface area contributed by atoms with E-state index in [4.69, 9.17) is 10.5 Å². The first kappa shape index (κ1) is 15.4. The zero-order valence-corrected chi connectivity index (χ0v) is 10.9. The van der Waals surface area contributed by atoms with Gasteiger partial charge in [0.15, 0.2) is 0 Å². The Bertz CT molecular complexity index is 337. The van der Waals surface area contributed by atoms with Crippen molar-refractivity contribution in [2.75, 3.05) is 33.2 Å². The van der Waals surface area contributed by atoms with E-state index in [2.05, 4.69) is 10.6 Å². The Morgan fingerprint density at radius 3 is 2.84 bits per heavy atom. The molecule has 0 bridgehead atoms. The summed E-state index contributed by atoms with van der Waals surface area (Å²) in [6.45, 7) is 1.03. The highest BCUT2D eigenvalue weighted by molar-refractivity contribution is 5.82. The smallest absolute Gasteiger partial charge is 0.407 e. The van der Waals surface area contributed by atoms with E-state index in [1.54, 1.807) is 7.05 Å². The summed E-state index contributed by atoms with van der Waals surface area (Å²) in [7, 11) is 1.65. The molecule has 1 saturated heterocycles. The molecule has 0 radical (unpaired) electrons. The number of likely N-dealkylation sites (N-methyl/N-ethyl adjacent to an activating group) is 1. The van der Waals surface area contributed by atoms with Gasteiger partial charge in [-0.1, -0.05) is 0 Å². The number of carbonyl (C=O) groups excluding carboxylic acids is 3. The van der Waals surface area contributed by atoms with Crippen molar-refractivity contribution in [2.24, 2.45) is 5.73 Å². The number of likely N-dealkylation sites (tertiary alicyclic amines) is 1.